The molecule has 5 nitrogen and oxygen atoms in total. The Kier molecular flexibility index (Phi) is 4.11. The van der Waals surface area contributed by atoms with Gasteiger partial charge in [0.25, 0.3) is 0 Å². The second-order valence-corrected chi connectivity index (χ2v) is 4.83. The highest BCUT2D eigenvalue weighted by atomic mass is 79.9. The van der Waals surface area contributed by atoms with E-state index in [2.05, 4.69) is 26.2 Å². The predicted molar refractivity (Wildman–Crippen MR) is 73.6 cm³/mol. The van der Waals surface area contributed by atoms with Crippen molar-refractivity contribution in [2.45, 2.75) is 12.5 Å². The highest BCUT2D eigenvalue weighted by Gasteiger charge is 2.18. The summed E-state index contributed by atoms with van der Waals surface area (Å²) in [4.78, 5) is 25.8. The fraction of sp³-hybridized carbons (Fsp3) is 0.154. The van der Waals surface area contributed by atoms with Crippen molar-refractivity contribution in [3.05, 3.63) is 40.5 Å². The van der Waals surface area contributed by atoms with Gasteiger partial charge in [-0.1, -0.05) is 28.1 Å². The Morgan fingerprint density at radius 1 is 1.47 bits per heavy atom. The van der Waals surface area contributed by atoms with Crippen LogP contribution in [0.3, 0.4) is 0 Å². The average Bonchev–Trinajstić information content (AvgIpc) is 2.39. The molecule has 0 saturated carbocycles. The third-order valence-electron chi connectivity index (χ3n) is 2.77. The smallest absolute Gasteiger partial charge is 0.305 e. The van der Waals surface area contributed by atoms with E-state index in [9.17, 15) is 9.59 Å². The van der Waals surface area contributed by atoms with Gasteiger partial charge in [-0.3, -0.25) is 14.6 Å². The summed E-state index contributed by atoms with van der Waals surface area (Å²) in [6.45, 7) is 0. The van der Waals surface area contributed by atoms with Gasteiger partial charge in [-0.25, -0.2) is 0 Å². The van der Waals surface area contributed by atoms with Crippen molar-refractivity contribution in [3.8, 4) is 0 Å². The lowest BCUT2D eigenvalue weighted by Gasteiger charge is -2.16. The molecular formula is C13H11BrN2O3. The molecule has 0 aliphatic heterocycles. The minimum absolute atomic E-state index is 0.188. The van der Waals surface area contributed by atoms with E-state index in [0.717, 1.165) is 9.86 Å². The fourth-order valence-corrected chi connectivity index (χ4v) is 2.41. The Balaban J connectivity index is 2.56. The molecule has 0 bridgehead atoms. The van der Waals surface area contributed by atoms with Crippen LogP contribution >= 0.6 is 15.9 Å². The number of aromatic nitrogens is 1. The number of carboxylic acids is 1. The summed E-state index contributed by atoms with van der Waals surface area (Å²) in [5.41, 5.74) is 1.37. The van der Waals surface area contributed by atoms with Crippen molar-refractivity contribution in [2.24, 2.45) is 0 Å². The minimum Gasteiger partial charge on any atom is -0.481 e. The lowest BCUT2D eigenvalue weighted by Crippen LogP contribution is -2.22. The first-order valence-electron chi connectivity index (χ1n) is 5.58. The first-order valence-corrected chi connectivity index (χ1v) is 6.37. The Morgan fingerprint density at radius 3 is 2.95 bits per heavy atom. The maximum atomic E-state index is 10.9. The molecule has 1 atom stereocenters. The number of carbonyl (C=O) groups is 2. The molecule has 0 fully saturated rings. The zero-order valence-corrected chi connectivity index (χ0v) is 11.4. The fourth-order valence-electron chi connectivity index (χ4n) is 1.96. The van der Waals surface area contributed by atoms with Crippen LogP contribution in [0.4, 0.5) is 0 Å². The largest absolute Gasteiger partial charge is 0.481 e. The number of benzene rings is 1. The van der Waals surface area contributed by atoms with Gasteiger partial charge in [0.2, 0.25) is 6.41 Å². The molecule has 0 aliphatic carbocycles. The summed E-state index contributed by atoms with van der Waals surface area (Å²) < 4.78 is 0.875. The van der Waals surface area contributed by atoms with Crippen molar-refractivity contribution < 1.29 is 14.7 Å². The second kappa shape index (κ2) is 5.79. The topological polar surface area (TPSA) is 79.3 Å². The number of amides is 1. The molecule has 98 valence electrons. The second-order valence-electron chi connectivity index (χ2n) is 3.97. The zero-order valence-electron chi connectivity index (χ0n) is 9.84. The van der Waals surface area contributed by atoms with Gasteiger partial charge in [0, 0.05) is 21.6 Å². The van der Waals surface area contributed by atoms with Gasteiger partial charge in [-0.05, 0) is 12.1 Å². The molecule has 19 heavy (non-hydrogen) atoms. The number of nitrogens with one attached hydrogen (secondary N) is 1. The van der Waals surface area contributed by atoms with E-state index in [1.807, 2.05) is 12.1 Å². The van der Waals surface area contributed by atoms with E-state index in [0.29, 0.717) is 17.5 Å². The monoisotopic (exact) mass is 322 g/mol. The SMILES string of the molecule is O=CN[C@H](CC(=O)O)c1ccc(Br)c2cccnc12. The van der Waals surface area contributed by atoms with Crippen molar-refractivity contribution in [3.63, 3.8) is 0 Å². The molecule has 1 heterocycles. The number of fused-ring (bicyclic) bond motifs is 1. The first-order chi connectivity index (χ1) is 9.13. The molecule has 0 aliphatic rings. The van der Waals surface area contributed by atoms with E-state index < -0.39 is 12.0 Å². The van der Waals surface area contributed by atoms with Crippen molar-refractivity contribution in [2.75, 3.05) is 0 Å². The van der Waals surface area contributed by atoms with Gasteiger partial charge in [-0.2, -0.15) is 0 Å². The highest BCUT2D eigenvalue weighted by molar-refractivity contribution is 9.10. The molecule has 1 aromatic heterocycles. The summed E-state index contributed by atoms with van der Waals surface area (Å²) in [5.74, 6) is -0.980. The maximum Gasteiger partial charge on any atom is 0.305 e. The number of halogens is 1. The highest BCUT2D eigenvalue weighted by Crippen LogP contribution is 2.29. The van der Waals surface area contributed by atoms with Crippen molar-refractivity contribution in [1.29, 1.82) is 0 Å². The van der Waals surface area contributed by atoms with Crippen LogP contribution in [0.1, 0.15) is 18.0 Å². The van der Waals surface area contributed by atoms with Crippen LogP contribution in [0.15, 0.2) is 34.9 Å². The predicted octanol–water partition coefficient (Wildman–Crippen LogP) is 2.26. The lowest BCUT2D eigenvalue weighted by atomic mass is 10.0. The number of nitrogens with zero attached hydrogens (tertiary/aromatic N) is 1. The number of aliphatic carboxylic acids is 1. The minimum atomic E-state index is -0.980. The van der Waals surface area contributed by atoms with Gasteiger partial charge in [-0.15, -0.1) is 0 Å². The molecule has 2 rings (SSSR count). The van der Waals surface area contributed by atoms with E-state index in [4.69, 9.17) is 5.11 Å². The molecule has 6 heteroatoms. The van der Waals surface area contributed by atoms with Gasteiger partial charge < -0.3 is 10.4 Å². The maximum absolute atomic E-state index is 10.9. The molecule has 2 aromatic rings. The summed E-state index contributed by atoms with van der Waals surface area (Å²) in [5, 5.41) is 12.3. The number of carboxylic acid groups (broad SMARTS) is 1. The summed E-state index contributed by atoms with van der Waals surface area (Å²) >= 11 is 3.42. The third-order valence-corrected chi connectivity index (χ3v) is 3.46. The van der Waals surface area contributed by atoms with E-state index in [1.165, 1.54) is 0 Å². The number of pyridine rings is 1. The molecular weight excluding hydrogens is 312 g/mol. The molecule has 0 saturated heterocycles. The van der Waals surface area contributed by atoms with E-state index in [-0.39, 0.29) is 6.42 Å². The number of hydrogen-bond acceptors (Lipinski definition) is 3. The summed E-state index contributed by atoms with van der Waals surface area (Å²) in [6.07, 6.45) is 1.95. The molecule has 0 unspecified atom stereocenters. The average molecular weight is 323 g/mol. The molecule has 0 radical (unpaired) electrons. The van der Waals surface area contributed by atoms with Crippen LogP contribution in [-0.4, -0.2) is 22.5 Å². The molecule has 1 amide bonds. The first kappa shape index (κ1) is 13.5. The van der Waals surface area contributed by atoms with Crippen LogP contribution in [0.5, 0.6) is 0 Å². The number of hydrogen-bond donors (Lipinski definition) is 2. The Hall–Kier alpha value is -1.95. The van der Waals surface area contributed by atoms with Crippen molar-refractivity contribution >= 4 is 39.2 Å². The number of carbonyl (C=O) groups excluding carboxylic acids is 1. The Morgan fingerprint density at radius 2 is 2.26 bits per heavy atom. The quantitative estimate of drug-likeness (QED) is 0.827. The Labute approximate surface area is 117 Å². The molecule has 2 N–H and O–H groups in total. The lowest BCUT2D eigenvalue weighted by molar-refractivity contribution is -0.137. The van der Waals surface area contributed by atoms with Crippen LogP contribution < -0.4 is 5.32 Å². The van der Waals surface area contributed by atoms with Crippen molar-refractivity contribution in [1.82, 2.24) is 10.3 Å². The zero-order chi connectivity index (χ0) is 13.8. The molecule has 0 spiro atoms. The standard InChI is InChI=1S/C13H11BrN2O3/c14-10-4-3-9(11(16-7-17)6-12(18)19)13-8(10)2-1-5-15-13/h1-5,7,11H,6H2,(H,16,17)(H,18,19)/t11-/m1/s1. The third kappa shape index (κ3) is 2.90. The van der Waals surface area contributed by atoms with E-state index in [1.54, 1.807) is 18.3 Å². The van der Waals surface area contributed by atoms with Gasteiger partial charge in [0.1, 0.15) is 0 Å². The normalized spacial score (nSPS) is 12.1. The van der Waals surface area contributed by atoms with Gasteiger partial charge in [0.15, 0.2) is 0 Å². The molecule has 1 aromatic carbocycles. The van der Waals surface area contributed by atoms with Crippen LogP contribution in [-0.2, 0) is 9.59 Å². The van der Waals surface area contributed by atoms with Gasteiger partial charge >= 0.3 is 5.97 Å². The van der Waals surface area contributed by atoms with Crippen LogP contribution in [0, 0.1) is 0 Å². The Bertz CT molecular complexity index is 630. The number of rotatable bonds is 5. The van der Waals surface area contributed by atoms with Gasteiger partial charge in [0.05, 0.1) is 18.0 Å². The van der Waals surface area contributed by atoms with Crippen LogP contribution in [0.25, 0.3) is 10.9 Å². The summed E-state index contributed by atoms with van der Waals surface area (Å²) in [7, 11) is 0. The van der Waals surface area contributed by atoms with Crippen LogP contribution in [0.2, 0.25) is 0 Å². The van der Waals surface area contributed by atoms with E-state index >= 15 is 0 Å². The summed E-state index contributed by atoms with van der Waals surface area (Å²) in [6, 6.07) is 6.68.